The van der Waals surface area contributed by atoms with Crippen molar-refractivity contribution < 1.29 is 4.39 Å². The lowest BCUT2D eigenvalue weighted by molar-refractivity contribution is 0.603. The smallest absolute Gasteiger partial charge is 0.225 e. The molecule has 100 valence electrons. The van der Waals surface area contributed by atoms with Gasteiger partial charge in [-0.1, -0.05) is 12.1 Å². The Kier molecular flexibility index (Phi) is 3.94. The normalized spacial score (nSPS) is 10.7. The summed E-state index contributed by atoms with van der Waals surface area (Å²) in [5, 5.41) is 0. The summed E-state index contributed by atoms with van der Waals surface area (Å²) in [6.07, 6.45) is 2.36. The third-order valence-electron chi connectivity index (χ3n) is 2.82. The van der Waals surface area contributed by atoms with Crippen LogP contribution in [0.15, 0.2) is 36.7 Å². The minimum Gasteiger partial charge on any atom is -0.399 e. The number of hydrogen-bond donors (Lipinski definition) is 1. The highest BCUT2D eigenvalue weighted by Crippen LogP contribution is 2.16. The third-order valence-corrected chi connectivity index (χ3v) is 2.82. The Labute approximate surface area is 112 Å². The minimum absolute atomic E-state index is 0.211. The zero-order valence-electron chi connectivity index (χ0n) is 11.0. The predicted octanol–water partition coefficient (Wildman–Crippen LogP) is 2.61. The summed E-state index contributed by atoms with van der Waals surface area (Å²) in [4.78, 5) is 10.1. The average Bonchev–Trinajstić information content (AvgIpc) is 2.39. The van der Waals surface area contributed by atoms with Crippen LogP contribution in [-0.2, 0) is 6.54 Å². The molecule has 2 aromatic rings. The number of rotatable bonds is 4. The van der Waals surface area contributed by atoms with Gasteiger partial charge in [0.15, 0.2) is 5.82 Å². The molecule has 2 rings (SSSR count). The lowest BCUT2D eigenvalue weighted by Crippen LogP contribution is -2.31. The topological polar surface area (TPSA) is 55.0 Å². The van der Waals surface area contributed by atoms with E-state index in [0.717, 1.165) is 11.3 Å². The molecule has 0 saturated carbocycles. The van der Waals surface area contributed by atoms with Crippen molar-refractivity contribution in [2.24, 2.45) is 0 Å². The van der Waals surface area contributed by atoms with Crippen molar-refractivity contribution in [1.29, 1.82) is 0 Å². The van der Waals surface area contributed by atoms with Crippen LogP contribution in [0, 0.1) is 5.82 Å². The molecule has 0 fully saturated rings. The Bertz CT molecular complexity index is 522. The molecular weight excluding hydrogens is 243 g/mol. The zero-order chi connectivity index (χ0) is 13.8. The summed E-state index contributed by atoms with van der Waals surface area (Å²) in [5.74, 6) is 0.0909. The first-order valence-electron chi connectivity index (χ1n) is 6.15. The van der Waals surface area contributed by atoms with Crippen LogP contribution in [0.5, 0.6) is 0 Å². The van der Waals surface area contributed by atoms with E-state index in [9.17, 15) is 4.39 Å². The van der Waals surface area contributed by atoms with E-state index >= 15 is 0 Å². The van der Waals surface area contributed by atoms with Crippen molar-refractivity contribution >= 4 is 11.6 Å². The van der Waals surface area contributed by atoms with Crippen molar-refractivity contribution in [3.05, 3.63) is 48.0 Å². The van der Waals surface area contributed by atoms with Gasteiger partial charge >= 0.3 is 0 Å². The van der Waals surface area contributed by atoms with Gasteiger partial charge in [0.05, 0.1) is 12.4 Å². The number of hydrogen-bond acceptors (Lipinski definition) is 4. The van der Waals surface area contributed by atoms with Crippen LogP contribution in [0.1, 0.15) is 19.4 Å². The summed E-state index contributed by atoms with van der Waals surface area (Å²) in [7, 11) is 0. The second-order valence-electron chi connectivity index (χ2n) is 4.66. The summed E-state index contributed by atoms with van der Waals surface area (Å²) >= 11 is 0. The van der Waals surface area contributed by atoms with Gasteiger partial charge in [0.2, 0.25) is 5.95 Å². The lowest BCUT2D eigenvalue weighted by atomic mass is 10.2. The Balaban J connectivity index is 2.21. The molecule has 0 saturated heterocycles. The molecule has 0 amide bonds. The molecule has 1 aromatic carbocycles. The van der Waals surface area contributed by atoms with E-state index in [0.29, 0.717) is 12.5 Å². The van der Waals surface area contributed by atoms with E-state index in [1.165, 1.54) is 12.4 Å². The molecule has 0 spiro atoms. The zero-order valence-corrected chi connectivity index (χ0v) is 11.0. The van der Waals surface area contributed by atoms with E-state index < -0.39 is 5.82 Å². The SMILES string of the molecule is CC(C)N(Cc1ccc(N)cc1)c1ncc(F)cn1. The van der Waals surface area contributed by atoms with E-state index in [4.69, 9.17) is 5.73 Å². The highest BCUT2D eigenvalue weighted by Gasteiger charge is 2.14. The Morgan fingerprint density at radius 1 is 1.16 bits per heavy atom. The van der Waals surface area contributed by atoms with Gasteiger partial charge in [-0.25, -0.2) is 14.4 Å². The predicted molar refractivity (Wildman–Crippen MR) is 74.2 cm³/mol. The van der Waals surface area contributed by atoms with E-state index in [1.807, 2.05) is 43.0 Å². The minimum atomic E-state index is -0.431. The largest absolute Gasteiger partial charge is 0.399 e. The number of aromatic nitrogens is 2. The number of halogens is 1. The molecule has 0 aliphatic rings. The van der Waals surface area contributed by atoms with Gasteiger partial charge in [-0.15, -0.1) is 0 Å². The van der Waals surface area contributed by atoms with Crippen LogP contribution in [0.3, 0.4) is 0 Å². The number of nitrogen functional groups attached to an aromatic ring is 1. The van der Waals surface area contributed by atoms with E-state index in [-0.39, 0.29) is 6.04 Å². The van der Waals surface area contributed by atoms with Crippen molar-refractivity contribution in [3.8, 4) is 0 Å². The van der Waals surface area contributed by atoms with Crippen LogP contribution in [0.25, 0.3) is 0 Å². The second-order valence-corrected chi connectivity index (χ2v) is 4.66. The van der Waals surface area contributed by atoms with Crippen molar-refractivity contribution in [1.82, 2.24) is 9.97 Å². The molecule has 0 aliphatic heterocycles. The maximum atomic E-state index is 12.9. The molecule has 0 radical (unpaired) electrons. The molecule has 0 atom stereocenters. The van der Waals surface area contributed by atoms with Gasteiger partial charge in [-0.05, 0) is 31.5 Å². The van der Waals surface area contributed by atoms with Crippen molar-refractivity contribution in [3.63, 3.8) is 0 Å². The van der Waals surface area contributed by atoms with Gasteiger partial charge in [-0.2, -0.15) is 0 Å². The summed E-state index contributed by atoms with van der Waals surface area (Å²) < 4.78 is 12.9. The monoisotopic (exact) mass is 260 g/mol. The van der Waals surface area contributed by atoms with Gasteiger partial charge < -0.3 is 10.6 Å². The van der Waals surface area contributed by atoms with Gasteiger partial charge in [-0.3, -0.25) is 0 Å². The highest BCUT2D eigenvalue weighted by molar-refractivity contribution is 5.41. The second kappa shape index (κ2) is 5.65. The van der Waals surface area contributed by atoms with Crippen LogP contribution in [0.4, 0.5) is 16.0 Å². The Hall–Kier alpha value is -2.17. The van der Waals surface area contributed by atoms with E-state index in [1.54, 1.807) is 0 Å². The molecule has 2 N–H and O–H groups in total. The summed E-state index contributed by atoms with van der Waals surface area (Å²) in [6.45, 7) is 4.75. The van der Waals surface area contributed by atoms with Gasteiger partial charge in [0.25, 0.3) is 0 Å². The van der Waals surface area contributed by atoms with Crippen molar-refractivity contribution in [2.45, 2.75) is 26.4 Å². The molecular formula is C14H17FN4. The molecule has 4 nitrogen and oxygen atoms in total. The van der Waals surface area contributed by atoms with Crippen LogP contribution >= 0.6 is 0 Å². The molecule has 5 heteroatoms. The molecule has 0 bridgehead atoms. The Morgan fingerprint density at radius 3 is 2.26 bits per heavy atom. The van der Waals surface area contributed by atoms with E-state index in [2.05, 4.69) is 9.97 Å². The van der Waals surface area contributed by atoms with Crippen LogP contribution in [-0.4, -0.2) is 16.0 Å². The molecule has 1 aromatic heterocycles. The van der Waals surface area contributed by atoms with Crippen LogP contribution in [0.2, 0.25) is 0 Å². The number of nitrogens with two attached hydrogens (primary N) is 1. The van der Waals surface area contributed by atoms with Gasteiger partial charge in [0.1, 0.15) is 0 Å². The molecule has 19 heavy (non-hydrogen) atoms. The quantitative estimate of drug-likeness (QED) is 0.858. The molecule has 0 unspecified atom stereocenters. The fourth-order valence-corrected chi connectivity index (χ4v) is 1.76. The highest BCUT2D eigenvalue weighted by atomic mass is 19.1. The number of anilines is 2. The number of benzene rings is 1. The van der Waals surface area contributed by atoms with Crippen LogP contribution < -0.4 is 10.6 Å². The molecule has 0 aliphatic carbocycles. The maximum Gasteiger partial charge on any atom is 0.225 e. The summed E-state index contributed by atoms with van der Waals surface area (Å²) in [5.41, 5.74) is 7.51. The summed E-state index contributed by atoms with van der Waals surface area (Å²) in [6, 6.07) is 7.87. The van der Waals surface area contributed by atoms with Crippen molar-refractivity contribution in [2.75, 3.05) is 10.6 Å². The fourth-order valence-electron chi connectivity index (χ4n) is 1.76. The first kappa shape index (κ1) is 13.3. The molecule has 1 heterocycles. The maximum absolute atomic E-state index is 12.9. The van der Waals surface area contributed by atoms with Gasteiger partial charge in [0, 0.05) is 18.3 Å². The lowest BCUT2D eigenvalue weighted by Gasteiger charge is -2.26. The number of nitrogens with zero attached hydrogens (tertiary/aromatic N) is 3. The standard InChI is InChI=1S/C14H17FN4/c1-10(2)19(14-17-7-12(15)8-18-14)9-11-3-5-13(16)6-4-11/h3-8,10H,9,16H2,1-2H3. The fraction of sp³-hybridized carbons (Fsp3) is 0.286. The first-order chi connectivity index (χ1) is 9.06. The third kappa shape index (κ3) is 3.40. The average molecular weight is 260 g/mol. The Morgan fingerprint density at radius 2 is 1.74 bits per heavy atom. The first-order valence-corrected chi connectivity index (χ1v) is 6.15.